The Labute approximate surface area is 112 Å². The fraction of sp³-hybridized carbons (Fsp3) is 0.933. The largest absolute Gasteiger partial charge is 0.464 e. The Bertz CT molecular complexity index is 263. The van der Waals surface area contributed by atoms with E-state index in [1.54, 1.807) is 0 Å². The summed E-state index contributed by atoms with van der Waals surface area (Å²) in [5, 5.41) is 3.52. The predicted octanol–water partition coefficient (Wildman–Crippen LogP) is 3.13. The van der Waals surface area contributed by atoms with Gasteiger partial charge in [-0.2, -0.15) is 0 Å². The first kappa shape index (κ1) is 15.5. The van der Waals surface area contributed by atoms with Gasteiger partial charge in [-0.3, -0.25) is 4.79 Å². The van der Waals surface area contributed by atoms with Crippen molar-refractivity contribution in [3.8, 4) is 0 Å². The molecule has 3 heteroatoms. The van der Waals surface area contributed by atoms with Gasteiger partial charge in [0.25, 0.3) is 0 Å². The maximum absolute atomic E-state index is 11.8. The lowest BCUT2D eigenvalue weighted by Crippen LogP contribution is -2.39. The molecule has 0 aromatic heterocycles. The summed E-state index contributed by atoms with van der Waals surface area (Å²) in [5.74, 6) is 0.671. The van der Waals surface area contributed by atoms with E-state index >= 15 is 0 Å². The van der Waals surface area contributed by atoms with Gasteiger partial charge in [0, 0.05) is 12.6 Å². The van der Waals surface area contributed by atoms with Crippen molar-refractivity contribution in [3.05, 3.63) is 0 Å². The number of hydrogen-bond donors (Lipinski definition) is 1. The summed E-state index contributed by atoms with van der Waals surface area (Å²) >= 11 is 0. The lowest BCUT2D eigenvalue weighted by Gasteiger charge is -2.29. The van der Waals surface area contributed by atoms with E-state index in [4.69, 9.17) is 4.74 Å². The molecule has 1 rings (SSSR count). The average molecular weight is 255 g/mol. The summed E-state index contributed by atoms with van der Waals surface area (Å²) in [6.07, 6.45) is 6.08. The third kappa shape index (κ3) is 4.60. The van der Waals surface area contributed by atoms with E-state index < -0.39 is 0 Å². The van der Waals surface area contributed by atoms with E-state index in [-0.39, 0.29) is 11.4 Å². The topological polar surface area (TPSA) is 38.3 Å². The normalized spacial score (nSPS) is 24.9. The van der Waals surface area contributed by atoms with Crippen LogP contribution in [0.25, 0.3) is 0 Å². The third-order valence-corrected chi connectivity index (χ3v) is 4.29. The highest BCUT2D eigenvalue weighted by Gasteiger charge is 2.27. The number of carbonyl (C=O) groups is 1. The van der Waals surface area contributed by atoms with Crippen LogP contribution in [0.5, 0.6) is 0 Å². The Morgan fingerprint density at radius 1 is 1.33 bits per heavy atom. The second kappa shape index (κ2) is 7.13. The van der Waals surface area contributed by atoms with Gasteiger partial charge in [-0.15, -0.1) is 0 Å². The molecule has 0 aliphatic heterocycles. The molecule has 1 N–H and O–H groups in total. The molecule has 0 aromatic rings. The van der Waals surface area contributed by atoms with Crippen molar-refractivity contribution in [2.75, 3.05) is 13.2 Å². The zero-order chi connectivity index (χ0) is 13.6. The van der Waals surface area contributed by atoms with Crippen molar-refractivity contribution in [3.63, 3.8) is 0 Å². The van der Waals surface area contributed by atoms with Crippen LogP contribution in [0.4, 0.5) is 0 Å². The molecular formula is C15H29NO2. The van der Waals surface area contributed by atoms with Crippen LogP contribution in [0.15, 0.2) is 0 Å². The monoisotopic (exact) mass is 255 g/mol. The van der Waals surface area contributed by atoms with Crippen LogP contribution in [0.2, 0.25) is 0 Å². The first-order valence-electron chi connectivity index (χ1n) is 7.38. The minimum Gasteiger partial charge on any atom is -0.464 e. The van der Waals surface area contributed by atoms with Gasteiger partial charge in [-0.25, -0.2) is 0 Å². The third-order valence-electron chi connectivity index (χ3n) is 4.29. The van der Waals surface area contributed by atoms with Crippen LogP contribution >= 0.6 is 0 Å². The van der Waals surface area contributed by atoms with Gasteiger partial charge >= 0.3 is 5.97 Å². The van der Waals surface area contributed by atoms with E-state index in [2.05, 4.69) is 12.2 Å². The molecule has 0 saturated heterocycles. The van der Waals surface area contributed by atoms with Gasteiger partial charge in [-0.1, -0.05) is 26.7 Å². The first-order valence-corrected chi connectivity index (χ1v) is 7.38. The Hall–Kier alpha value is -0.570. The predicted molar refractivity (Wildman–Crippen MR) is 74.5 cm³/mol. The molecule has 0 aromatic carbocycles. The van der Waals surface area contributed by atoms with Crippen LogP contribution in [-0.2, 0) is 9.53 Å². The van der Waals surface area contributed by atoms with Crippen LogP contribution < -0.4 is 5.32 Å². The lowest BCUT2D eigenvalue weighted by molar-refractivity contribution is -0.154. The maximum Gasteiger partial charge on any atom is 0.311 e. The highest BCUT2D eigenvalue weighted by molar-refractivity contribution is 5.75. The zero-order valence-electron chi connectivity index (χ0n) is 12.4. The standard InChI is InChI=1S/C15H29NO2/c1-5-15(3,4)14(17)18-11-10-16-13-9-7-6-8-12(13)2/h12-13,16H,5-11H2,1-4H3. The smallest absolute Gasteiger partial charge is 0.311 e. The quantitative estimate of drug-likeness (QED) is 0.585. The van der Waals surface area contributed by atoms with Gasteiger partial charge in [0.2, 0.25) is 0 Å². The Morgan fingerprint density at radius 2 is 2.00 bits per heavy atom. The van der Waals surface area contributed by atoms with E-state index in [0.717, 1.165) is 18.9 Å². The van der Waals surface area contributed by atoms with Gasteiger partial charge in [0.05, 0.1) is 5.41 Å². The van der Waals surface area contributed by atoms with Crippen molar-refractivity contribution in [2.45, 2.75) is 65.8 Å². The number of carbonyl (C=O) groups excluding carboxylic acids is 1. The first-order chi connectivity index (χ1) is 8.47. The zero-order valence-corrected chi connectivity index (χ0v) is 12.4. The average Bonchev–Trinajstić information content (AvgIpc) is 2.36. The Balaban J connectivity index is 2.16. The van der Waals surface area contributed by atoms with E-state index in [1.165, 1.54) is 25.7 Å². The highest BCUT2D eigenvalue weighted by Crippen LogP contribution is 2.23. The number of ether oxygens (including phenoxy) is 1. The highest BCUT2D eigenvalue weighted by atomic mass is 16.5. The minimum absolute atomic E-state index is 0.0801. The van der Waals surface area contributed by atoms with Gasteiger partial charge in [0.15, 0.2) is 0 Å². The molecule has 18 heavy (non-hydrogen) atoms. The molecule has 1 aliphatic rings. The van der Waals surface area contributed by atoms with Crippen molar-refractivity contribution in [2.24, 2.45) is 11.3 Å². The fourth-order valence-electron chi connectivity index (χ4n) is 2.35. The SMILES string of the molecule is CCC(C)(C)C(=O)OCCNC1CCCCC1C. The molecule has 2 atom stereocenters. The molecule has 1 saturated carbocycles. The lowest BCUT2D eigenvalue weighted by atomic mass is 9.86. The van der Waals surface area contributed by atoms with Crippen molar-refractivity contribution in [1.82, 2.24) is 5.32 Å². The van der Waals surface area contributed by atoms with Crippen molar-refractivity contribution < 1.29 is 9.53 Å². The molecule has 0 heterocycles. The maximum atomic E-state index is 11.8. The molecule has 106 valence electrons. The molecule has 0 radical (unpaired) electrons. The van der Waals surface area contributed by atoms with Crippen molar-refractivity contribution >= 4 is 5.97 Å². The second-order valence-electron chi connectivity index (χ2n) is 6.20. The molecule has 3 nitrogen and oxygen atoms in total. The molecule has 0 amide bonds. The summed E-state index contributed by atoms with van der Waals surface area (Å²) in [4.78, 5) is 11.8. The number of hydrogen-bond acceptors (Lipinski definition) is 3. The van der Waals surface area contributed by atoms with Crippen molar-refractivity contribution in [1.29, 1.82) is 0 Å². The summed E-state index contributed by atoms with van der Waals surface area (Å²) in [7, 11) is 0. The Kier molecular flexibility index (Phi) is 6.13. The van der Waals surface area contributed by atoms with Crippen LogP contribution in [-0.4, -0.2) is 25.2 Å². The number of esters is 1. The molecular weight excluding hydrogens is 226 g/mol. The van der Waals surface area contributed by atoms with Crippen LogP contribution in [0.3, 0.4) is 0 Å². The summed E-state index contributed by atoms with van der Waals surface area (Å²) in [6.45, 7) is 9.47. The summed E-state index contributed by atoms with van der Waals surface area (Å²) in [5.41, 5.74) is -0.349. The molecule has 0 spiro atoms. The van der Waals surface area contributed by atoms with E-state index in [0.29, 0.717) is 12.6 Å². The van der Waals surface area contributed by atoms with E-state index in [9.17, 15) is 4.79 Å². The molecule has 1 aliphatic carbocycles. The Morgan fingerprint density at radius 3 is 2.61 bits per heavy atom. The number of rotatable bonds is 6. The summed E-state index contributed by atoms with van der Waals surface area (Å²) < 4.78 is 5.32. The van der Waals surface area contributed by atoms with Gasteiger partial charge < -0.3 is 10.1 Å². The second-order valence-corrected chi connectivity index (χ2v) is 6.20. The summed E-state index contributed by atoms with van der Waals surface area (Å²) in [6, 6.07) is 0.608. The molecule has 2 unspecified atom stereocenters. The van der Waals surface area contributed by atoms with Crippen LogP contribution in [0, 0.1) is 11.3 Å². The fourth-order valence-corrected chi connectivity index (χ4v) is 2.35. The van der Waals surface area contributed by atoms with E-state index in [1.807, 2.05) is 20.8 Å². The number of nitrogens with one attached hydrogen (secondary N) is 1. The minimum atomic E-state index is -0.349. The van der Waals surface area contributed by atoms with Gasteiger partial charge in [-0.05, 0) is 39.0 Å². The molecule has 1 fully saturated rings. The molecule has 0 bridgehead atoms. The van der Waals surface area contributed by atoms with Gasteiger partial charge in [0.1, 0.15) is 6.61 Å². The van der Waals surface area contributed by atoms with Crippen LogP contribution in [0.1, 0.15) is 59.8 Å².